The molecular formula is C21H25NO3. The molecule has 1 heterocycles. The number of aryl methyl sites for hydroxylation is 2. The van der Waals surface area contributed by atoms with Gasteiger partial charge in [-0.3, -0.25) is 4.79 Å². The first kappa shape index (κ1) is 17.5. The van der Waals surface area contributed by atoms with Crippen molar-refractivity contribution in [3.63, 3.8) is 0 Å². The first-order valence-corrected chi connectivity index (χ1v) is 8.68. The van der Waals surface area contributed by atoms with Crippen LogP contribution in [0.2, 0.25) is 0 Å². The van der Waals surface area contributed by atoms with Crippen LogP contribution in [0.25, 0.3) is 0 Å². The third-order valence-corrected chi connectivity index (χ3v) is 4.78. The van der Waals surface area contributed by atoms with Gasteiger partial charge in [0.15, 0.2) is 0 Å². The van der Waals surface area contributed by atoms with Gasteiger partial charge in [-0.05, 0) is 54.8 Å². The molecule has 1 atom stereocenters. The standard InChI is InChI=1S/C21H25NO3/c1-15-7-8-18(11-16(15)2)21(23)22-9-10-25-20(14-22)13-17-5-4-6-19(12-17)24-3/h4-8,11-12,20H,9-10,13-14H2,1-3H3. The first-order chi connectivity index (χ1) is 12.1. The molecular weight excluding hydrogens is 314 g/mol. The van der Waals surface area contributed by atoms with E-state index in [9.17, 15) is 4.79 Å². The second-order valence-electron chi connectivity index (χ2n) is 6.60. The summed E-state index contributed by atoms with van der Waals surface area (Å²) in [5.41, 5.74) is 4.26. The number of amides is 1. The molecule has 1 aliphatic heterocycles. The van der Waals surface area contributed by atoms with E-state index in [1.54, 1.807) is 7.11 Å². The Morgan fingerprint density at radius 2 is 2.04 bits per heavy atom. The van der Waals surface area contributed by atoms with Crippen molar-refractivity contribution in [1.82, 2.24) is 4.90 Å². The topological polar surface area (TPSA) is 38.8 Å². The molecule has 2 aromatic carbocycles. The Balaban J connectivity index is 1.67. The van der Waals surface area contributed by atoms with E-state index in [0.717, 1.165) is 28.9 Å². The number of hydrogen-bond acceptors (Lipinski definition) is 3. The monoisotopic (exact) mass is 339 g/mol. The molecule has 1 saturated heterocycles. The molecule has 132 valence electrons. The Hall–Kier alpha value is -2.33. The van der Waals surface area contributed by atoms with Gasteiger partial charge in [0.25, 0.3) is 5.91 Å². The lowest BCUT2D eigenvalue weighted by Crippen LogP contribution is -2.46. The van der Waals surface area contributed by atoms with Crippen molar-refractivity contribution < 1.29 is 14.3 Å². The van der Waals surface area contributed by atoms with Gasteiger partial charge in [0.1, 0.15) is 5.75 Å². The van der Waals surface area contributed by atoms with Crippen LogP contribution < -0.4 is 4.74 Å². The summed E-state index contributed by atoms with van der Waals surface area (Å²) in [5.74, 6) is 0.929. The average Bonchev–Trinajstić information content (AvgIpc) is 2.64. The predicted molar refractivity (Wildman–Crippen MR) is 98.3 cm³/mol. The number of nitrogens with zero attached hydrogens (tertiary/aromatic N) is 1. The Labute approximate surface area is 149 Å². The van der Waals surface area contributed by atoms with Gasteiger partial charge in [-0.25, -0.2) is 0 Å². The van der Waals surface area contributed by atoms with Gasteiger partial charge in [0.05, 0.1) is 19.8 Å². The van der Waals surface area contributed by atoms with Crippen LogP contribution in [0.1, 0.15) is 27.0 Å². The first-order valence-electron chi connectivity index (χ1n) is 8.68. The zero-order valence-electron chi connectivity index (χ0n) is 15.1. The molecule has 0 spiro atoms. The average molecular weight is 339 g/mol. The maximum absolute atomic E-state index is 12.8. The smallest absolute Gasteiger partial charge is 0.254 e. The molecule has 0 saturated carbocycles. The highest BCUT2D eigenvalue weighted by Gasteiger charge is 2.25. The van der Waals surface area contributed by atoms with Gasteiger partial charge in [0.2, 0.25) is 0 Å². The van der Waals surface area contributed by atoms with Crippen LogP contribution in [0.15, 0.2) is 42.5 Å². The lowest BCUT2D eigenvalue weighted by molar-refractivity contribution is -0.0208. The Morgan fingerprint density at radius 3 is 2.80 bits per heavy atom. The van der Waals surface area contributed by atoms with Crippen LogP contribution in [-0.4, -0.2) is 43.7 Å². The lowest BCUT2D eigenvalue weighted by Gasteiger charge is -2.33. The number of ether oxygens (including phenoxy) is 2. The second-order valence-corrected chi connectivity index (χ2v) is 6.60. The van der Waals surface area contributed by atoms with E-state index in [2.05, 4.69) is 13.0 Å². The van der Waals surface area contributed by atoms with Gasteiger partial charge >= 0.3 is 0 Å². The highest BCUT2D eigenvalue weighted by Crippen LogP contribution is 2.19. The van der Waals surface area contributed by atoms with E-state index in [1.165, 1.54) is 5.56 Å². The molecule has 0 radical (unpaired) electrons. The maximum atomic E-state index is 12.8. The third-order valence-electron chi connectivity index (χ3n) is 4.78. The van der Waals surface area contributed by atoms with Crippen molar-refractivity contribution in [2.45, 2.75) is 26.4 Å². The van der Waals surface area contributed by atoms with Crippen LogP contribution in [0.4, 0.5) is 0 Å². The molecule has 1 fully saturated rings. The van der Waals surface area contributed by atoms with Gasteiger partial charge in [0, 0.05) is 25.1 Å². The number of benzene rings is 2. The molecule has 0 aliphatic carbocycles. The summed E-state index contributed by atoms with van der Waals surface area (Å²) in [6, 6.07) is 13.9. The van der Waals surface area contributed by atoms with Crippen LogP contribution in [-0.2, 0) is 11.2 Å². The van der Waals surface area contributed by atoms with Gasteiger partial charge < -0.3 is 14.4 Å². The molecule has 0 aromatic heterocycles. The highest BCUT2D eigenvalue weighted by molar-refractivity contribution is 5.94. The van der Waals surface area contributed by atoms with E-state index < -0.39 is 0 Å². The predicted octanol–water partition coefficient (Wildman–Crippen LogP) is 3.40. The van der Waals surface area contributed by atoms with Crippen molar-refractivity contribution in [3.05, 3.63) is 64.7 Å². The molecule has 1 unspecified atom stereocenters. The van der Waals surface area contributed by atoms with Crippen molar-refractivity contribution in [2.24, 2.45) is 0 Å². The fraction of sp³-hybridized carbons (Fsp3) is 0.381. The van der Waals surface area contributed by atoms with E-state index in [0.29, 0.717) is 19.7 Å². The van der Waals surface area contributed by atoms with Crippen LogP contribution in [0.5, 0.6) is 5.75 Å². The maximum Gasteiger partial charge on any atom is 0.254 e. The molecule has 2 aromatic rings. The van der Waals surface area contributed by atoms with Crippen LogP contribution in [0.3, 0.4) is 0 Å². The number of hydrogen-bond donors (Lipinski definition) is 0. The largest absolute Gasteiger partial charge is 0.497 e. The minimum absolute atomic E-state index is 0.0105. The number of rotatable bonds is 4. The molecule has 1 aliphatic rings. The van der Waals surface area contributed by atoms with E-state index in [4.69, 9.17) is 9.47 Å². The molecule has 4 nitrogen and oxygen atoms in total. The van der Waals surface area contributed by atoms with Gasteiger partial charge in [-0.15, -0.1) is 0 Å². The summed E-state index contributed by atoms with van der Waals surface area (Å²) < 4.78 is 11.2. The summed E-state index contributed by atoms with van der Waals surface area (Å²) >= 11 is 0. The molecule has 0 bridgehead atoms. The van der Waals surface area contributed by atoms with E-state index >= 15 is 0 Å². The minimum Gasteiger partial charge on any atom is -0.497 e. The van der Waals surface area contributed by atoms with Crippen molar-refractivity contribution in [1.29, 1.82) is 0 Å². The molecule has 1 amide bonds. The summed E-state index contributed by atoms with van der Waals surface area (Å²) in [4.78, 5) is 14.7. The number of methoxy groups -OCH3 is 1. The summed E-state index contributed by atoms with van der Waals surface area (Å²) in [6.07, 6.45) is 0.782. The third kappa shape index (κ3) is 4.20. The van der Waals surface area contributed by atoms with Gasteiger partial charge in [-0.2, -0.15) is 0 Å². The fourth-order valence-corrected chi connectivity index (χ4v) is 3.15. The van der Waals surface area contributed by atoms with Crippen molar-refractivity contribution in [2.75, 3.05) is 26.8 Å². The lowest BCUT2D eigenvalue weighted by atomic mass is 10.0. The van der Waals surface area contributed by atoms with Gasteiger partial charge in [-0.1, -0.05) is 18.2 Å². The Morgan fingerprint density at radius 1 is 1.20 bits per heavy atom. The normalized spacial score (nSPS) is 17.4. The zero-order valence-corrected chi connectivity index (χ0v) is 15.1. The highest BCUT2D eigenvalue weighted by atomic mass is 16.5. The van der Waals surface area contributed by atoms with Crippen LogP contribution in [0, 0.1) is 13.8 Å². The SMILES string of the molecule is COc1cccc(CC2CN(C(=O)c3ccc(C)c(C)c3)CCO2)c1. The summed E-state index contributed by atoms with van der Waals surface area (Å²) in [6.45, 7) is 5.92. The summed E-state index contributed by atoms with van der Waals surface area (Å²) in [7, 11) is 1.67. The summed E-state index contributed by atoms with van der Waals surface area (Å²) in [5, 5.41) is 0. The second kappa shape index (κ2) is 7.70. The molecule has 0 N–H and O–H groups in total. The molecule has 4 heteroatoms. The fourth-order valence-electron chi connectivity index (χ4n) is 3.15. The number of carbonyl (C=O) groups is 1. The number of morpholine rings is 1. The van der Waals surface area contributed by atoms with E-state index in [-0.39, 0.29) is 12.0 Å². The molecule has 25 heavy (non-hydrogen) atoms. The minimum atomic E-state index is 0.0105. The quantitative estimate of drug-likeness (QED) is 0.857. The van der Waals surface area contributed by atoms with Crippen molar-refractivity contribution >= 4 is 5.91 Å². The number of carbonyl (C=O) groups excluding carboxylic acids is 1. The van der Waals surface area contributed by atoms with Crippen LogP contribution >= 0.6 is 0 Å². The zero-order chi connectivity index (χ0) is 17.8. The Kier molecular flexibility index (Phi) is 5.39. The Bertz CT molecular complexity index is 757. The van der Waals surface area contributed by atoms with E-state index in [1.807, 2.05) is 48.2 Å². The molecule has 3 rings (SSSR count). The van der Waals surface area contributed by atoms with Crippen molar-refractivity contribution in [3.8, 4) is 5.75 Å².